The van der Waals surface area contributed by atoms with Gasteiger partial charge in [0.15, 0.2) is 0 Å². The van der Waals surface area contributed by atoms with Gasteiger partial charge in [-0.1, -0.05) is 12.1 Å². The Bertz CT molecular complexity index is 692. The highest BCUT2D eigenvalue weighted by Gasteiger charge is 2.30. The lowest BCUT2D eigenvalue weighted by atomic mass is 10.1. The molecule has 0 atom stereocenters. The number of hydrogen-bond donors (Lipinski definition) is 1. The van der Waals surface area contributed by atoms with Gasteiger partial charge in [-0.15, -0.1) is 11.3 Å². The van der Waals surface area contributed by atoms with Crippen molar-refractivity contribution in [3.05, 3.63) is 40.9 Å². The minimum atomic E-state index is -4.39. The number of rotatable bonds is 4. The van der Waals surface area contributed by atoms with Crippen LogP contribution >= 0.6 is 11.3 Å². The molecule has 1 aromatic carbocycles. The zero-order valence-electron chi connectivity index (χ0n) is 11.5. The van der Waals surface area contributed by atoms with Crippen LogP contribution in [0.3, 0.4) is 0 Å². The van der Waals surface area contributed by atoms with Gasteiger partial charge >= 0.3 is 6.18 Å². The Balaban J connectivity index is 1.76. The molecule has 0 radical (unpaired) electrons. The summed E-state index contributed by atoms with van der Waals surface area (Å²) >= 11 is 1.16. The number of carbonyl (C=O) groups excluding carboxylic acids is 1. The third-order valence-corrected chi connectivity index (χ3v) is 4.31. The van der Waals surface area contributed by atoms with Crippen molar-refractivity contribution in [1.29, 1.82) is 0 Å². The van der Waals surface area contributed by atoms with Gasteiger partial charge in [0.05, 0.1) is 5.56 Å². The number of benzene rings is 1. The van der Waals surface area contributed by atoms with Crippen LogP contribution in [0.2, 0.25) is 0 Å². The molecule has 0 spiro atoms. The van der Waals surface area contributed by atoms with E-state index in [4.69, 9.17) is 0 Å². The molecule has 3 rings (SSSR count). The van der Waals surface area contributed by atoms with Gasteiger partial charge in [0.25, 0.3) is 5.91 Å². The SMILES string of the molecule is O=C(NCC1CC1)c1csc(-c2cccc(C(F)(F)F)c2)n1. The summed E-state index contributed by atoms with van der Waals surface area (Å²) in [6, 6.07) is 4.96. The van der Waals surface area contributed by atoms with Gasteiger partial charge in [0, 0.05) is 17.5 Å². The Morgan fingerprint density at radius 1 is 1.36 bits per heavy atom. The molecule has 1 saturated carbocycles. The minimum absolute atomic E-state index is 0.248. The molecule has 7 heteroatoms. The Morgan fingerprint density at radius 2 is 2.14 bits per heavy atom. The second-order valence-electron chi connectivity index (χ2n) is 5.27. The summed E-state index contributed by atoms with van der Waals surface area (Å²) in [5.41, 5.74) is -0.112. The van der Waals surface area contributed by atoms with Crippen LogP contribution in [0, 0.1) is 5.92 Å². The molecule has 1 heterocycles. The number of carbonyl (C=O) groups is 1. The summed E-state index contributed by atoms with van der Waals surface area (Å²) in [6.07, 6.45) is -2.13. The highest BCUT2D eigenvalue weighted by molar-refractivity contribution is 7.13. The Morgan fingerprint density at radius 3 is 2.82 bits per heavy atom. The maximum atomic E-state index is 12.7. The van der Waals surface area contributed by atoms with Gasteiger partial charge < -0.3 is 5.32 Å². The molecule has 1 fully saturated rings. The largest absolute Gasteiger partial charge is 0.416 e. The van der Waals surface area contributed by atoms with Gasteiger partial charge in [-0.3, -0.25) is 4.79 Å². The lowest BCUT2D eigenvalue weighted by Gasteiger charge is -2.07. The lowest BCUT2D eigenvalue weighted by molar-refractivity contribution is -0.137. The molecule has 1 aliphatic rings. The number of hydrogen-bond acceptors (Lipinski definition) is 3. The van der Waals surface area contributed by atoms with Gasteiger partial charge in [-0.2, -0.15) is 13.2 Å². The van der Waals surface area contributed by atoms with Crippen molar-refractivity contribution < 1.29 is 18.0 Å². The number of thiazole rings is 1. The van der Waals surface area contributed by atoms with Crippen molar-refractivity contribution in [1.82, 2.24) is 10.3 Å². The molecule has 116 valence electrons. The number of alkyl halides is 3. The Kier molecular flexibility index (Phi) is 3.90. The van der Waals surface area contributed by atoms with Crippen LogP contribution in [0.25, 0.3) is 10.6 Å². The van der Waals surface area contributed by atoms with E-state index in [9.17, 15) is 18.0 Å². The van der Waals surface area contributed by atoms with Crippen LogP contribution < -0.4 is 5.32 Å². The third kappa shape index (κ3) is 3.47. The van der Waals surface area contributed by atoms with E-state index in [1.54, 1.807) is 11.4 Å². The van der Waals surface area contributed by atoms with Crippen molar-refractivity contribution in [2.24, 2.45) is 5.92 Å². The van der Waals surface area contributed by atoms with Crippen molar-refractivity contribution in [2.75, 3.05) is 6.54 Å². The highest BCUT2D eigenvalue weighted by atomic mass is 32.1. The van der Waals surface area contributed by atoms with E-state index in [0.717, 1.165) is 36.3 Å². The van der Waals surface area contributed by atoms with Crippen LogP contribution in [-0.2, 0) is 6.18 Å². The molecule has 2 aromatic rings. The van der Waals surface area contributed by atoms with E-state index in [1.165, 1.54) is 6.07 Å². The number of nitrogens with one attached hydrogen (secondary N) is 1. The molecule has 1 N–H and O–H groups in total. The van der Waals surface area contributed by atoms with E-state index in [-0.39, 0.29) is 11.6 Å². The van der Waals surface area contributed by atoms with Gasteiger partial charge in [0.1, 0.15) is 10.7 Å². The molecular formula is C15H13F3N2OS. The Labute approximate surface area is 129 Å². The molecule has 0 saturated heterocycles. The summed E-state index contributed by atoms with van der Waals surface area (Å²) in [5, 5.41) is 4.76. The first-order chi connectivity index (χ1) is 10.4. The van der Waals surface area contributed by atoms with Crippen LogP contribution in [0.4, 0.5) is 13.2 Å². The monoisotopic (exact) mass is 326 g/mol. The van der Waals surface area contributed by atoms with Crippen molar-refractivity contribution >= 4 is 17.2 Å². The summed E-state index contributed by atoms with van der Waals surface area (Å²) in [7, 11) is 0. The first-order valence-corrected chi connectivity index (χ1v) is 7.73. The fourth-order valence-electron chi connectivity index (χ4n) is 1.99. The normalized spacial score (nSPS) is 14.9. The van der Waals surface area contributed by atoms with Crippen LogP contribution in [0.5, 0.6) is 0 Å². The van der Waals surface area contributed by atoms with Crippen LogP contribution in [0.1, 0.15) is 28.9 Å². The molecule has 0 aliphatic heterocycles. The van der Waals surface area contributed by atoms with Gasteiger partial charge in [-0.05, 0) is 30.9 Å². The van der Waals surface area contributed by atoms with E-state index in [0.29, 0.717) is 23.0 Å². The summed E-state index contributed by atoms with van der Waals surface area (Å²) in [4.78, 5) is 16.0. The van der Waals surface area contributed by atoms with E-state index in [1.807, 2.05) is 0 Å². The molecule has 0 unspecified atom stereocenters. The smallest absolute Gasteiger partial charge is 0.350 e. The predicted octanol–water partition coefficient (Wildman–Crippen LogP) is 3.97. The number of amides is 1. The first kappa shape index (κ1) is 15.0. The minimum Gasteiger partial charge on any atom is -0.350 e. The maximum Gasteiger partial charge on any atom is 0.416 e. The molecular weight excluding hydrogens is 313 g/mol. The highest BCUT2D eigenvalue weighted by Crippen LogP contribution is 2.33. The van der Waals surface area contributed by atoms with Gasteiger partial charge in [0.2, 0.25) is 0 Å². The summed E-state index contributed by atoms with van der Waals surface area (Å²) in [5.74, 6) is 0.284. The number of aromatic nitrogens is 1. The van der Waals surface area contributed by atoms with E-state index >= 15 is 0 Å². The average Bonchev–Trinajstić information content (AvgIpc) is 3.18. The number of nitrogens with zero attached hydrogens (tertiary/aromatic N) is 1. The summed E-state index contributed by atoms with van der Waals surface area (Å²) < 4.78 is 38.2. The standard InChI is InChI=1S/C15H13F3N2OS/c16-15(17,18)11-3-1-2-10(6-11)14-20-12(8-22-14)13(21)19-7-9-4-5-9/h1-3,6,8-9H,4-5,7H2,(H,19,21). The first-order valence-electron chi connectivity index (χ1n) is 6.85. The topological polar surface area (TPSA) is 42.0 Å². The average molecular weight is 326 g/mol. The zero-order valence-corrected chi connectivity index (χ0v) is 12.3. The number of halogens is 3. The predicted molar refractivity (Wildman–Crippen MR) is 77.6 cm³/mol. The fourth-order valence-corrected chi connectivity index (χ4v) is 2.79. The molecule has 1 amide bonds. The van der Waals surface area contributed by atoms with E-state index in [2.05, 4.69) is 10.3 Å². The van der Waals surface area contributed by atoms with Crippen molar-refractivity contribution in [3.63, 3.8) is 0 Å². The lowest BCUT2D eigenvalue weighted by Crippen LogP contribution is -2.25. The molecule has 22 heavy (non-hydrogen) atoms. The molecule has 3 nitrogen and oxygen atoms in total. The fraction of sp³-hybridized carbons (Fsp3) is 0.333. The molecule has 0 bridgehead atoms. The molecule has 1 aromatic heterocycles. The second-order valence-corrected chi connectivity index (χ2v) is 6.13. The van der Waals surface area contributed by atoms with Gasteiger partial charge in [-0.25, -0.2) is 4.98 Å². The molecule has 1 aliphatic carbocycles. The van der Waals surface area contributed by atoms with Crippen molar-refractivity contribution in [2.45, 2.75) is 19.0 Å². The van der Waals surface area contributed by atoms with E-state index < -0.39 is 11.7 Å². The van der Waals surface area contributed by atoms with Crippen LogP contribution in [0.15, 0.2) is 29.6 Å². The van der Waals surface area contributed by atoms with Crippen LogP contribution in [-0.4, -0.2) is 17.4 Å². The summed E-state index contributed by atoms with van der Waals surface area (Å²) in [6.45, 7) is 0.634. The maximum absolute atomic E-state index is 12.7. The van der Waals surface area contributed by atoms with Crippen molar-refractivity contribution in [3.8, 4) is 10.6 Å². The zero-order chi connectivity index (χ0) is 15.7. The third-order valence-electron chi connectivity index (χ3n) is 3.42. The quantitative estimate of drug-likeness (QED) is 0.924. The Hall–Kier alpha value is -1.89. The second kappa shape index (κ2) is 5.72.